The van der Waals surface area contributed by atoms with Gasteiger partial charge in [-0.1, -0.05) is 48.0 Å². The Morgan fingerprint density at radius 1 is 1.05 bits per heavy atom. The van der Waals surface area contributed by atoms with Gasteiger partial charge in [0.25, 0.3) is 5.91 Å². The van der Waals surface area contributed by atoms with Crippen LogP contribution in [0.25, 0.3) is 22.2 Å². The predicted molar refractivity (Wildman–Crippen MR) is 149 cm³/mol. The van der Waals surface area contributed by atoms with Crippen LogP contribution in [0, 0.1) is 18.3 Å². The van der Waals surface area contributed by atoms with E-state index < -0.39 is 17.7 Å². The average molecular weight is 555 g/mol. The Labute approximate surface area is 234 Å². The molecule has 1 amide bonds. The summed E-state index contributed by atoms with van der Waals surface area (Å²) in [5.74, 6) is -0.866. The van der Waals surface area contributed by atoms with E-state index in [0.29, 0.717) is 22.2 Å². The zero-order valence-electron chi connectivity index (χ0n) is 22.3. The van der Waals surface area contributed by atoms with Gasteiger partial charge in [0.1, 0.15) is 5.75 Å². The molecule has 6 nitrogen and oxygen atoms in total. The maximum atomic E-state index is 14.1. The van der Waals surface area contributed by atoms with Gasteiger partial charge in [0.15, 0.2) is 0 Å². The fourth-order valence-electron chi connectivity index (χ4n) is 4.75. The lowest BCUT2D eigenvalue weighted by molar-refractivity contribution is -0.0907. The maximum Gasteiger partial charge on any atom is 0.418 e. The number of hydrogen-bond donors (Lipinski definition) is 2. The highest BCUT2D eigenvalue weighted by molar-refractivity contribution is 6.08. The summed E-state index contributed by atoms with van der Waals surface area (Å²) < 4.78 is 42.4. The van der Waals surface area contributed by atoms with E-state index in [1.165, 1.54) is 25.1 Å². The van der Waals surface area contributed by atoms with Crippen molar-refractivity contribution >= 4 is 16.8 Å². The van der Waals surface area contributed by atoms with Gasteiger partial charge in [0.2, 0.25) is 0 Å². The van der Waals surface area contributed by atoms with Crippen LogP contribution in [0.2, 0.25) is 0 Å². The summed E-state index contributed by atoms with van der Waals surface area (Å²) in [5, 5.41) is 22.0. The van der Waals surface area contributed by atoms with Crippen molar-refractivity contribution in [2.24, 2.45) is 0 Å². The van der Waals surface area contributed by atoms with Crippen LogP contribution in [0.15, 0.2) is 95.8 Å². The molecule has 0 atom stereocenters. The Bertz CT molecular complexity index is 1750. The van der Waals surface area contributed by atoms with Gasteiger partial charge in [-0.2, -0.15) is 18.4 Å². The van der Waals surface area contributed by atoms with Gasteiger partial charge in [0, 0.05) is 29.7 Å². The Morgan fingerprint density at radius 2 is 1.76 bits per heavy atom. The van der Waals surface area contributed by atoms with E-state index in [1.54, 1.807) is 35.2 Å². The highest BCUT2D eigenvalue weighted by Gasteiger charge is 2.40. The smallest absolute Gasteiger partial charge is 0.418 e. The number of fused-ring (bicyclic) bond motifs is 1. The van der Waals surface area contributed by atoms with Gasteiger partial charge in [-0.15, -0.1) is 0 Å². The van der Waals surface area contributed by atoms with Crippen LogP contribution in [0.4, 0.5) is 13.2 Å². The largest absolute Gasteiger partial charge is 0.508 e. The molecule has 0 saturated carbocycles. The minimum atomic E-state index is -4.70. The summed E-state index contributed by atoms with van der Waals surface area (Å²) in [4.78, 5) is 20.1. The number of carbonyl (C=O) groups excluding carboxylic acids is 1. The molecule has 2 N–H and O–H groups in total. The lowest BCUT2D eigenvalue weighted by Crippen LogP contribution is -2.37. The molecule has 0 aliphatic carbocycles. The number of nitriles is 1. The molecule has 9 heteroatoms. The lowest BCUT2D eigenvalue weighted by atomic mass is 10.0. The number of halogens is 3. The summed E-state index contributed by atoms with van der Waals surface area (Å²) in [6.45, 7) is 3.74. The van der Waals surface area contributed by atoms with E-state index in [1.807, 2.05) is 37.3 Å². The quantitative estimate of drug-likeness (QED) is 0.285. The van der Waals surface area contributed by atoms with E-state index in [9.17, 15) is 23.1 Å². The summed E-state index contributed by atoms with van der Waals surface area (Å²) >= 11 is 0. The van der Waals surface area contributed by atoms with E-state index >= 15 is 0 Å². The number of rotatable bonds is 5. The fraction of sp³-hybridized carbons (Fsp3) is 0.156. The van der Waals surface area contributed by atoms with Crippen molar-refractivity contribution in [3.63, 3.8) is 0 Å². The number of nitrogens with zero attached hydrogens (tertiary/aromatic N) is 3. The fourth-order valence-corrected chi connectivity index (χ4v) is 4.75. The second kappa shape index (κ2) is 10.8. The van der Waals surface area contributed by atoms with Crippen molar-refractivity contribution in [1.82, 2.24) is 15.2 Å². The number of hydrogen-bond acceptors (Lipinski definition) is 5. The maximum absolute atomic E-state index is 14.1. The van der Waals surface area contributed by atoms with E-state index in [-0.39, 0.29) is 35.8 Å². The van der Waals surface area contributed by atoms with Gasteiger partial charge >= 0.3 is 6.18 Å². The van der Waals surface area contributed by atoms with Crippen LogP contribution in [0.3, 0.4) is 0 Å². The van der Waals surface area contributed by atoms with Crippen LogP contribution >= 0.6 is 0 Å². The molecule has 0 fully saturated rings. The monoisotopic (exact) mass is 554 g/mol. The molecular formula is C32H25F3N4O2. The van der Waals surface area contributed by atoms with Gasteiger partial charge in [-0.25, -0.2) is 4.98 Å². The summed E-state index contributed by atoms with van der Waals surface area (Å²) in [6, 6.07) is 22.2. The molecule has 206 valence electrons. The molecule has 0 unspecified atom stereocenters. The average Bonchev–Trinajstić information content (AvgIpc) is 2.94. The third-order valence-corrected chi connectivity index (χ3v) is 7.01. The first-order chi connectivity index (χ1) is 19.5. The van der Waals surface area contributed by atoms with Crippen LogP contribution in [0.5, 0.6) is 5.75 Å². The van der Waals surface area contributed by atoms with Crippen molar-refractivity contribution in [2.45, 2.75) is 26.6 Å². The second-order valence-electron chi connectivity index (χ2n) is 9.84. The SMILES string of the molecule is CC1=C(NC(=O)c2cc(-c3ccc(C)cc3)nc3ccc(O)cc23)C(C(F)(F)F)=CCN1Cc1ccc(C#N)cc1. The molecule has 5 rings (SSSR count). The molecule has 3 aromatic carbocycles. The first kappa shape index (κ1) is 27.5. The van der Waals surface area contributed by atoms with Crippen LogP contribution in [0.1, 0.15) is 34.0 Å². The first-order valence-electron chi connectivity index (χ1n) is 12.8. The zero-order valence-corrected chi connectivity index (χ0v) is 22.3. The third-order valence-electron chi connectivity index (χ3n) is 7.01. The van der Waals surface area contributed by atoms with Crippen LogP contribution in [-0.2, 0) is 6.54 Å². The molecule has 41 heavy (non-hydrogen) atoms. The molecule has 2 heterocycles. The number of aryl methyl sites for hydroxylation is 1. The normalized spacial score (nSPS) is 13.7. The van der Waals surface area contributed by atoms with E-state index in [0.717, 1.165) is 22.8 Å². The first-order valence-corrected chi connectivity index (χ1v) is 12.8. The number of phenols is 1. The molecule has 1 aliphatic rings. The zero-order chi connectivity index (χ0) is 29.3. The van der Waals surface area contributed by atoms with Crippen molar-refractivity contribution < 1.29 is 23.1 Å². The molecule has 1 aliphatic heterocycles. The Kier molecular flexibility index (Phi) is 7.24. The molecule has 0 bridgehead atoms. The minimum Gasteiger partial charge on any atom is -0.508 e. The number of aromatic hydroxyl groups is 1. The van der Waals surface area contributed by atoms with Gasteiger partial charge in [0.05, 0.1) is 39.7 Å². The summed E-state index contributed by atoms with van der Waals surface area (Å²) in [5.41, 5.74) is 2.98. The molecular weight excluding hydrogens is 529 g/mol. The van der Waals surface area contributed by atoms with Crippen LogP contribution in [-0.4, -0.2) is 33.6 Å². The van der Waals surface area contributed by atoms with Crippen molar-refractivity contribution in [3.05, 3.63) is 118 Å². The number of pyridine rings is 1. The number of aromatic nitrogens is 1. The molecule has 0 saturated heterocycles. The highest BCUT2D eigenvalue weighted by atomic mass is 19.4. The number of allylic oxidation sites excluding steroid dienone is 2. The van der Waals surface area contributed by atoms with Gasteiger partial charge < -0.3 is 15.3 Å². The Hall–Kier alpha value is -5.10. The standard InChI is InChI=1S/C32H25F3N4O2/c1-19-3-9-23(10-4-19)29-16-26(25-15-24(40)11-12-28(25)37-29)31(41)38-30-20(2)39(14-13-27(30)32(33,34)35)18-22-7-5-21(17-36)6-8-22/h3-13,15-16,40H,14,18H2,1-2H3,(H,38,41). The van der Waals surface area contributed by atoms with E-state index in [2.05, 4.69) is 10.3 Å². The minimum absolute atomic E-state index is 0.0102. The molecule has 1 aromatic heterocycles. The Morgan fingerprint density at radius 3 is 2.41 bits per heavy atom. The number of carbonyl (C=O) groups is 1. The molecule has 0 spiro atoms. The van der Waals surface area contributed by atoms with Crippen molar-refractivity contribution in [1.29, 1.82) is 5.26 Å². The van der Waals surface area contributed by atoms with Crippen molar-refractivity contribution in [2.75, 3.05) is 6.54 Å². The number of nitrogens with one attached hydrogen (secondary N) is 1. The van der Waals surface area contributed by atoms with Gasteiger partial charge in [-0.05, 0) is 55.8 Å². The van der Waals surface area contributed by atoms with Crippen molar-refractivity contribution in [3.8, 4) is 23.1 Å². The number of alkyl halides is 3. The summed E-state index contributed by atoms with van der Waals surface area (Å²) in [7, 11) is 0. The molecule has 0 radical (unpaired) electrons. The molecule has 4 aromatic rings. The van der Waals surface area contributed by atoms with E-state index in [4.69, 9.17) is 5.26 Å². The third kappa shape index (κ3) is 5.77. The topological polar surface area (TPSA) is 89.2 Å². The number of amides is 1. The second-order valence-corrected chi connectivity index (χ2v) is 9.84. The lowest BCUT2D eigenvalue weighted by Gasteiger charge is -2.32. The number of benzene rings is 3. The highest BCUT2D eigenvalue weighted by Crippen LogP contribution is 2.36. The van der Waals surface area contributed by atoms with Gasteiger partial charge in [-0.3, -0.25) is 4.79 Å². The summed E-state index contributed by atoms with van der Waals surface area (Å²) in [6.07, 6.45) is -3.64. The predicted octanol–water partition coefficient (Wildman–Crippen LogP) is 6.75. The number of phenolic OH excluding ortho intramolecular Hbond substituents is 1. The Balaban J connectivity index is 1.55. The van der Waals surface area contributed by atoms with Crippen LogP contribution < -0.4 is 5.32 Å².